The molecule has 4 aliphatic heterocycles. The molecule has 77 heavy (non-hydrogen) atoms. The Balaban J connectivity index is 0.684. The van der Waals surface area contributed by atoms with Crippen LogP contribution in [0.5, 0.6) is 11.5 Å². The molecule has 0 bridgehead atoms. The molecule has 9 rings (SSSR count). The maximum absolute atomic E-state index is 16.0. The van der Waals surface area contributed by atoms with Crippen LogP contribution in [0.4, 0.5) is 29.1 Å². The van der Waals surface area contributed by atoms with E-state index in [1.165, 1.54) is 31.0 Å². The lowest BCUT2D eigenvalue weighted by molar-refractivity contribution is -0.136. The number of nitrogens with zero attached hydrogens (tertiary/aromatic N) is 8. The molecule has 2 aromatic carbocycles. The molecule has 4 aliphatic rings. The second-order valence-electron chi connectivity index (χ2n) is 19.1. The normalized spacial score (nSPS) is 19.6. The predicted octanol–water partition coefficient (Wildman–Crippen LogP) is 3.01. The Morgan fingerprint density at radius 1 is 0.844 bits per heavy atom. The fourth-order valence-corrected chi connectivity index (χ4v) is 9.89. The van der Waals surface area contributed by atoms with Crippen LogP contribution in [0.2, 0.25) is 0 Å². The minimum absolute atomic E-state index is 0.0258. The van der Waals surface area contributed by atoms with E-state index in [1.807, 2.05) is 0 Å². The van der Waals surface area contributed by atoms with Gasteiger partial charge in [-0.3, -0.25) is 39.2 Å². The van der Waals surface area contributed by atoms with Crippen LogP contribution in [-0.4, -0.2) is 172 Å². The molecular formula is C51H57F4N11O11. The maximum Gasteiger partial charge on any atom is 0.265 e. The average molecular weight is 1080 g/mol. The molecule has 3 fully saturated rings. The Hall–Kier alpha value is -7.39. The van der Waals surface area contributed by atoms with Gasteiger partial charge >= 0.3 is 0 Å². The Labute approximate surface area is 437 Å². The lowest BCUT2D eigenvalue weighted by Crippen LogP contribution is -2.63. The molecule has 0 spiro atoms. The van der Waals surface area contributed by atoms with E-state index >= 15 is 8.78 Å². The van der Waals surface area contributed by atoms with Crippen molar-refractivity contribution in [2.24, 2.45) is 5.73 Å². The van der Waals surface area contributed by atoms with Gasteiger partial charge in [-0.1, -0.05) is 0 Å². The standard InChI is InChI=1S/C51H57F4N11O11/c52-35-23-40(36(53)22-34(35)37-20-29(25-65-28-61-43-46(56)59-27-60-47(43)65)39(24-58-37)64-10-1-9-51(57,26-64)44(69)45(54)55)77-30-6-11-63(12-7-30)42(68)8-13-73-14-15-74-16-17-75-18-19-76-31-2-3-32-33(21-31)50(72)66(49(32)71)38-4-5-41(67)62-48(38)70/h2-3,20-24,27-28,30,38,44-45,69H,1,4-19,25-26,57H2,(H2,56,59,60)(H,62,67,70)/t38?,44-,51-/m1/s1. The number of aliphatic hydroxyl groups is 1. The van der Waals surface area contributed by atoms with E-state index in [9.17, 15) is 37.9 Å². The van der Waals surface area contributed by atoms with Crippen molar-refractivity contribution in [3.63, 3.8) is 0 Å². The smallest absolute Gasteiger partial charge is 0.265 e. The van der Waals surface area contributed by atoms with Gasteiger partial charge in [0.25, 0.3) is 18.2 Å². The SMILES string of the molecule is Nc1ncnc2c1ncn2Cc1cc(-c2cc(F)c(OC3CCN(C(=O)CCOCCOCCOCCOc4ccc5c(c4)C(=O)N(C4CCC(=O)NC4=O)C5=O)CC3)cc2F)ncc1N1CCC[C@](N)([C@H](O)C(F)F)C1. The molecule has 3 aromatic heterocycles. The molecule has 0 radical (unpaired) electrons. The average Bonchev–Trinajstić information content (AvgIpc) is 3.96. The van der Waals surface area contributed by atoms with Crippen LogP contribution in [-0.2, 0) is 35.1 Å². The summed E-state index contributed by atoms with van der Waals surface area (Å²) in [7, 11) is 0. The van der Waals surface area contributed by atoms with Gasteiger partial charge in [0.15, 0.2) is 23.0 Å². The van der Waals surface area contributed by atoms with Crippen molar-refractivity contribution in [1.82, 2.24) is 39.6 Å². The number of carbonyl (C=O) groups excluding carboxylic acids is 5. The number of carbonyl (C=O) groups is 5. The summed E-state index contributed by atoms with van der Waals surface area (Å²) in [5.41, 5.74) is 12.7. The summed E-state index contributed by atoms with van der Waals surface area (Å²) in [4.78, 5) is 84.1. The number of aromatic nitrogens is 5. The number of amides is 5. The van der Waals surface area contributed by atoms with Crippen LogP contribution in [0.1, 0.15) is 71.2 Å². The molecule has 5 aromatic rings. The van der Waals surface area contributed by atoms with E-state index in [0.29, 0.717) is 67.1 Å². The Kier molecular flexibility index (Phi) is 16.9. The van der Waals surface area contributed by atoms with Crippen LogP contribution < -0.4 is 31.2 Å². The first-order chi connectivity index (χ1) is 37.1. The molecule has 22 nitrogen and oxygen atoms in total. The molecule has 6 N–H and O–H groups in total. The molecule has 0 saturated carbocycles. The van der Waals surface area contributed by atoms with Crippen molar-refractivity contribution in [3.8, 4) is 22.8 Å². The van der Waals surface area contributed by atoms with Crippen molar-refractivity contribution >= 4 is 52.2 Å². The quantitative estimate of drug-likeness (QED) is 0.0440. The number of nitrogen functional groups attached to an aromatic ring is 1. The Bertz CT molecular complexity index is 3020. The predicted molar refractivity (Wildman–Crippen MR) is 265 cm³/mol. The first-order valence-corrected chi connectivity index (χ1v) is 25.1. The van der Waals surface area contributed by atoms with E-state index in [2.05, 4.69) is 25.3 Å². The van der Waals surface area contributed by atoms with E-state index < -0.39 is 65.5 Å². The third-order valence-corrected chi connectivity index (χ3v) is 14.0. The molecule has 1 unspecified atom stereocenters. The number of hydrogen-bond acceptors (Lipinski definition) is 18. The monoisotopic (exact) mass is 1080 g/mol. The molecule has 410 valence electrons. The van der Waals surface area contributed by atoms with E-state index in [0.717, 1.165) is 17.0 Å². The highest BCUT2D eigenvalue weighted by molar-refractivity contribution is 6.23. The number of anilines is 2. The van der Waals surface area contributed by atoms with Crippen molar-refractivity contribution in [2.75, 3.05) is 83.1 Å². The van der Waals surface area contributed by atoms with Gasteiger partial charge in [0, 0.05) is 57.1 Å². The fourth-order valence-electron chi connectivity index (χ4n) is 9.89. The second kappa shape index (κ2) is 23.9. The number of alkyl halides is 2. The number of fused-ring (bicyclic) bond motifs is 2. The summed E-state index contributed by atoms with van der Waals surface area (Å²) in [5.74, 6) is -3.95. The number of imidazole rings is 1. The Morgan fingerprint density at radius 3 is 2.31 bits per heavy atom. The molecule has 3 saturated heterocycles. The number of aliphatic hydroxyl groups excluding tert-OH is 1. The zero-order chi connectivity index (χ0) is 54.4. The molecule has 3 atom stereocenters. The van der Waals surface area contributed by atoms with E-state index in [-0.39, 0.29) is 125 Å². The van der Waals surface area contributed by atoms with E-state index in [1.54, 1.807) is 26.5 Å². The molecule has 0 aliphatic carbocycles. The van der Waals surface area contributed by atoms with Gasteiger partial charge in [0.1, 0.15) is 48.3 Å². The molecule has 26 heteroatoms. The minimum Gasteiger partial charge on any atom is -0.491 e. The maximum atomic E-state index is 16.0. The van der Waals surface area contributed by atoms with Crippen LogP contribution in [0, 0.1) is 11.6 Å². The van der Waals surface area contributed by atoms with Gasteiger partial charge < -0.3 is 54.6 Å². The number of rotatable bonds is 22. The third kappa shape index (κ3) is 12.3. The molecule has 5 amide bonds. The highest BCUT2D eigenvalue weighted by Crippen LogP contribution is 2.36. The largest absolute Gasteiger partial charge is 0.491 e. The van der Waals surface area contributed by atoms with Crippen molar-refractivity contribution in [3.05, 3.63) is 83.6 Å². The summed E-state index contributed by atoms with van der Waals surface area (Å²) >= 11 is 0. The fraction of sp³-hybridized carbons (Fsp3) is 0.471. The zero-order valence-corrected chi connectivity index (χ0v) is 41.7. The topological polar surface area (TPSA) is 282 Å². The van der Waals surface area contributed by atoms with Gasteiger partial charge in [-0.05, 0) is 55.2 Å². The number of pyridine rings is 1. The number of likely N-dealkylation sites (tertiary alicyclic amines) is 1. The lowest BCUT2D eigenvalue weighted by Gasteiger charge is -2.44. The summed E-state index contributed by atoms with van der Waals surface area (Å²) in [6, 6.07) is 6.91. The molecule has 7 heterocycles. The van der Waals surface area contributed by atoms with Gasteiger partial charge in [-0.2, -0.15) is 0 Å². The van der Waals surface area contributed by atoms with Crippen molar-refractivity contribution < 1.29 is 70.3 Å². The third-order valence-electron chi connectivity index (χ3n) is 14.0. The first-order valence-electron chi connectivity index (χ1n) is 25.1. The number of benzene rings is 2. The number of nitrogens with two attached hydrogens (primary N) is 2. The van der Waals surface area contributed by atoms with Gasteiger partial charge in [0.05, 0.1) is 93.2 Å². The van der Waals surface area contributed by atoms with Crippen LogP contribution in [0.15, 0.2) is 55.2 Å². The van der Waals surface area contributed by atoms with Crippen molar-refractivity contribution in [2.45, 2.75) is 81.7 Å². The minimum atomic E-state index is -3.06. The summed E-state index contributed by atoms with van der Waals surface area (Å²) in [6.07, 6.45) is 0.0984. The highest BCUT2D eigenvalue weighted by atomic mass is 19.3. The van der Waals surface area contributed by atoms with Crippen LogP contribution in [0.3, 0.4) is 0 Å². The summed E-state index contributed by atoms with van der Waals surface area (Å²) in [6.45, 7) is 2.61. The summed E-state index contributed by atoms with van der Waals surface area (Å²) < 4.78 is 89.1. The number of imide groups is 2. The first kappa shape index (κ1) is 54.4. The number of hydrogen-bond donors (Lipinski definition) is 4. The number of ether oxygens (including phenoxy) is 5. The molecular weight excluding hydrogens is 1020 g/mol. The van der Waals surface area contributed by atoms with Crippen molar-refractivity contribution in [1.29, 1.82) is 0 Å². The lowest BCUT2D eigenvalue weighted by atomic mass is 9.84. The van der Waals surface area contributed by atoms with E-state index in [4.69, 9.17) is 35.2 Å². The highest BCUT2D eigenvalue weighted by Gasteiger charge is 2.45. The zero-order valence-electron chi connectivity index (χ0n) is 41.7. The number of piperidine rings is 3. The number of nitrogens with one attached hydrogen (secondary N) is 1. The van der Waals surface area contributed by atoms with Gasteiger partial charge in [-0.25, -0.2) is 32.5 Å². The second-order valence-corrected chi connectivity index (χ2v) is 19.1. The van der Waals surface area contributed by atoms with Crippen LogP contribution >= 0.6 is 0 Å². The Morgan fingerprint density at radius 2 is 1.57 bits per heavy atom. The summed E-state index contributed by atoms with van der Waals surface area (Å²) in [5, 5.41) is 12.5. The van der Waals surface area contributed by atoms with Gasteiger partial charge in [0.2, 0.25) is 17.7 Å². The van der Waals surface area contributed by atoms with Gasteiger partial charge in [-0.15, -0.1) is 0 Å². The number of halogens is 4. The van der Waals surface area contributed by atoms with Crippen LogP contribution in [0.25, 0.3) is 22.4 Å².